The molecule has 1 aromatic heterocycles. The number of nitrogens with one attached hydrogen (secondary N) is 1. The van der Waals surface area contributed by atoms with Crippen molar-refractivity contribution in [3.63, 3.8) is 0 Å². The van der Waals surface area contributed by atoms with Crippen LogP contribution in [0.3, 0.4) is 0 Å². The van der Waals surface area contributed by atoms with Gasteiger partial charge in [-0.15, -0.1) is 0 Å². The van der Waals surface area contributed by atoms with Crippen LogP contribution in [0.4, 0.5) is 8.78 Å². The van der Waals surface area contributed by atoms with Gasteiger partial charge in [0.15, 0.2) is 11.4 Å². The normalized spacial score (nSPS) is 16.4. The van der Waals surface area contributed by atoms with E-state index in [0.717, 1.165) is 27.7 Å². The molecule has 10 heteroatoms. The van der Waals surface area contributed by atoms with Crippen LogP contribution in [0.1, 0.15) is 49.1 Å². The van der Waals surface area contributed by atoms with E-state index in [0.29, 0.717) is 25.1 Å². The molecular formula is C25H20BrF2N3O4. The minimum atomic E-state index is -1.03. The Bertz CT molecular complexity index is 1450. The van der Waals surface area contributed by atoms with E-state index in [-0.39, 0.29) is 11.3 Å². The number of benzene rings is 2. The summed E-state index contributed by atoms with van der Waals surface area (Å²) in [6, 6.07) is 7.61. The minimum Gasteiger partial charge on any atom is -0.503 e. The summed E-state index contributed by atoms with van der Waals surface area (Å²) in [7, 11) is 0. The lowest BCUT2D eigenvalue weighted by Gasteiger charge is -2.35. The molecule has 0 saturated carbocycles. The molecular weight excluding hydrogens is 524 g/mol. The number of rotatable bonds is 3. The molecule has 2 aliphatic heterocycles. The maximum absolute atomic E-state index is 14.2. The predicted molar refractivity (Wildman–Crippen MR) is 127 cm³/mol. The lowest BCUT2D eigenvalue weighted by Crippen LogP contribution is -2.45. The number of halogens is 3. The second kappa shape index (κ2) is 8.60. The lowest BCUT2D eigenvalue weighted by atomic mass is 9.97. The van der Waals surface area contributed by atoms with Crippen molar-refractivity contribution < 1.29 is 23.5 Å². The average Bonchev–Trinajstić information content (AvgIpc) is 2.96. The smallest absolute Gasteiger partial charge is 0.274 e. The van der Waals surface area contributed by atoms with Crippen LogP contribution < -0.4 is 10.7 Å². The first kappa shape index (κ1) is 23.2. The van der Waals surface area contributed by atoms with Crippen LogP contribution >= 0.6 is 15.9 Å². The first-order chi connectivity index (χ1) is 16.7. The number of hydrogen-bond acceptors (Lipinski definition) is 4. The summed E-state index contributed by atoms with van der Waals surface area (Å²) in [4.78, 5) is 40.4. The summed E-state index contributed by atoms with van der Waals surface area (Å²) in [5, 5.41) is 13.1. The molecule has 0 saturated heterocycles. The van der Waals surface area contributed by atoms with Gasteiger partial charge in [-0.2, -0.15) is 0 Å². The van der Waals surface area contributed by atoms with E-state index in [1.54, 1.807) is 4.90 Å². The van der Waals surface area contributed by atoms with Crippen LogP contribution in [0.25, 0.3) is 0 Å². The fourth-order valence-electron chi connectivity index (χ4n) is 4.73. The van der Waals surface area contributed by atoms with Crippen molar-refractivity contribution in [1.82, 2.24) is 14.8 Å². The van der Waals surface area contributed by atoms with Gasteiger partial charge in [0.2, 0.25) is 5.43 Å². The number of carbonyl (C=O) groups excluding carboxylic acids is 2. The highest BCUT2D eigenvalue weighted by Crippen LogP contribution is 2.36. The molecule has 0 unspecified atom stereocenters. The molecule has 2 amide bonds. The van der Waals surface area contributed by atoms with Crippen LogP contribution in [0.15, 0.2) is 45.8 Å². The number of hydrogen-bond donors (Lipinski definition) is 2. The highest BCUT2D eigenvalue weighted by Gasteiger charge is 2.38. The van der Waals surface area contributed by atoms with Gasteiger partial charge in [0.05, 0.1) is 6.04 Å². The van der Waals surface area contributed by atoms with Crippen molar-refractivity contribution in [1.29, 1.82) is 0 Å². The Morgan fingerprint density at radius 2 is 1.91 bits per heavy atom. The lowest BCUT2D eigenvalue weighted by molar-refractivity contribution is 0.0686. The zero-order chi connectivity index (χ0) is 25.0. The van der Waals surface area contributed by atoms with E-state index < -0.39 is 52.8 Å². The van der Waals surface area contributed by atoms with E-state index in [4.69, 9.17) is 0 Å². The zero-order valence-electron chi connectivity index (χ0n) is 18.6. The number of fused-ring (bicyclic) bond motifs is 6. The molecule has 35 heavy (non-hydrogen) atoms. The van der Waals surface area contributed by atoms with Gasteiger partial charge in [0, 0.05) is 35.9 Å². The van der Waals surface area contributed by atoms with Crippen molar-refractivity contribution >= 4 is 27.7 Å². The first-order valence-corrected chi connectivity index (χ1v) is 11.7. The van der Waals surface area contributed by atoms with E-state index in [1.165, 1.54) is 17.7 Å². The highest BCUT2D eigenvalue weighted by atomic mass is 79.9. The number of aromatic nitrogens is 1. The molecule has 2 aliphatic rings. The Morgan fingerprint density at radius 1 is 1.20 bits per heavy atom. The third kappa shape index (κ3) is 3.91. The van der Waals surface area contributed by atoms with Gasteiger partial charge in [-0.1, -0.05) is 22.0 Å². The molecule has 2 aromatic carbocycles. The van der Waals surface area contributed by atoms with Gasteiger partial charge in [-0.05, 0) is 54.3 Å². The Morgan fingerprint density at radius 3 is 2.63 bits per heavy atom. The number of nitrogens with zero attached hydrogens (tertiary/aromatic N) is 2. The molecule has 7 nitrogen and oxygen atoms in total. The SMILES string of the molecule is Cc1cc(F)c(CNC(=O)c2cn3c(c(O)c2=O)C(=O)N2CCc4ccc(Br)cc4[C@@H]3C2)c(F)c1. The monoisotopic (exact) mass is 543 g/mol. The van der Waals surface area contributed by atoms with Gasteiger partial charge in [0.25, 0.3) is 11.8 Å². The predicted octanol–water partition coefficient (Wildman–Crippen LogP) is 3.43. The molecule has 180 valence electrons. The van der Waals surface area contributed by atoms with Gasteiger partial charge in [-0.3, -0.25) is 14.4 Å². The molecule has 0 radical (unpaired) electrons. The van der Waals surface area contributed by atoms with Gasteiger partial charge in [-0.25, -0.2) is 8.78 Å². The topological polar surface area (TPSA) is 91.6 Å². The van der Waals surface area contributed by atoms with Crippen molar-refractivity contribution in [2.75, 3.05) is 13.1 Å². The van der Waals surface area contributed by atoms with Crippen LogP contribution in [0, 0.1) is 18.6 Å². The molecule has 3 heterocycles. The van der Waals surface area contributed by atoms with Crippen molar-refractivity contribution in [3.8, 4) is 5.75 Å². The molecule has 0 aliphatic carbocycles. The Labute approximate surface area is 207 Å². The van der Waals surface area contributed by atoms with E-state index in [2.05, 4.69) is 21.2 Å². The summed E-state index contributed by atoms with van der Waals surface area (Å²) in [5.41, 5.74) is 0.306. The molecule has 3 aromatic rings. The summed E-state index contributed by atoms with van der Waals surface area (Å²) >= 11 is 3.47. The third-order valence-corrected chi connectivity index (χ3v) is 7.00. The fraction of sp³-hybridized carbons (Fsp3) is 0.240. The zero-order valence-corrected chi connectivity index (χ0v) is 20.2. The molecule has 2 N–H and O–H groups in total. The third-order valence-electron chi connectivity index (χ3n) is 6.50. The van der Waals surface area contributed by atoms with E-state index in [9.17, 15) is 28.3 Å². The minimum absolute atomic E-state index is 0.189. The maximum Gasteiger partial charge on any atom is 0.274 e. The van der Waals surface area contributed by atoms with Gasteiger partial charge in [0.1, 0.15) is 17.2 Å². The number of aromatic hydroxyl groups is 1. The Hall–Kier alpha value is -3.53. The van der Waals surface area contributed by atoms with E-state index in [1.807, 2.05) is 18.2 Å². The van der Waals surface area contributed by atoms with Crippen LogP contribution in [-0.4, -0.2) is 39.5 Å². The molecule has 2 bridgehead atoms. The standard InChI is InChI=1S/C25H20BrF2N3O4/c1-12-6-18(27)16(19(28)7-12)9-29-24(34)17-10-31-20-11-30(25(35)21(31)23(33)22(17)32)5-4-13-2-3-14(26)8-15(13)20/h2-3,6-8,10,20,33H,4-5,9,11H2,1H3,(H,29,34)/t20-/m0/s1. The first-order valence-electron chi connectivity index (χ1n) is 10.9. The highest BCUT2D eigenvalue weighted by molar-refractivity contribution is 9.10. The molecule has 0 fully saturated rings. The van der Waals surface area contributed by atoms with E-state index >= 15 is 0 Å². The number of pyridine rings is 1. The van der Waals surface area contributed by atoms with Crippen LogP contribution in [-0.2, 0) is 13.0 Å². The van der Waals surface area contributed by atoms with Crippen molar-refractivity contribution in [2.24, 2.45) is 0 Å². The largest absolute Gasteiger partial charge is 0.503 e. The molecule has 1 atom stereocenters. The number of aryl methyl sites for hydroxylation is 1. The van der Waals surface area contributed by atoms with Crippen molar-refractivity contribution in [3.05, 3.63) is 96.4 Å². The maximum atomic E-state index is 14.2. The molecule has 0 spiro atoms. The second-order valence-electron chi connectivity index (χ2n) is 8.73. The summed E-state index contributed by atoms with van der Waals surface area (Å²) < 4.78 is 30.6. The van der Waals surface area contributed by atoms with Crippen molar-refractivity contribution in [2.45, 2.75) is 25.9 Å². The van der Waals surface area contributed by atoms with Gasteiger partial charge >= 0.3 is 0 Å². The number of carbonyl (C=O) groups is 2. The van der Waals surface area contributed by atoms with Crippen LogP contribution in [0.2, 0.25) is 0 Å². The number of amides is 2. The van der Waals surface area contributed by atoms with Crippen LogP contribution in [0.5, 0.6) is 5.75 Å². The Balaban J connectivity index is 1.56. The average molecular weight is 544 g/mol. The molecule has 5 rings (SSSR count). The Kier molecular flexibility index (Phi) is 5.71. The fourth-order valence-corrected chi connectivity index (χ4v) is 5.11. The summed E-state index contributed by atoms with van der Waals surface area (Å²) in [6.45, 7) is 1.77. The second-order valence-corrected chi connectivity index (χ2v) is 9.64. The quantitative estimate of drug-likeness (QED) is 0.529. The summed E-state index contributed by atoms with van der Waals surface area (Å²) in [5.74, 6) is -3.89. The summed E-state index contributed by atoms with van der Waals surface area (Å²) in [6.07, 6.45) is 1.84. The van der Waals surface area contributed by atoms with Gasteiger partial charge < -0.3 is 19.9 Å².